The van der Waals surface area contributed by atoms with Crippen LogP contribution in [0.4, 0.5) is 5.69 Å². The van der Waals surface area contributed by atoms with Crippen molar-refractivity contribution in [3.8, 4) is 39.7 Å². The number of hydrogen-bond acceptors (Lipinski definition) is 14. The number of fused-ring (bicyclic) bond motifs is 6. The molecule has 5 aromatic rings. The van der Waals surface area contributed by atoms with Gasteiger partial charge in [0.05, 0.1) is 31.2 Å². The molecule has 0 fully saturated rings. The molecule has 0 saturated carbocycles. The lowest BCUT2D eigenvalue weighted by atomic mass is 9.86. The first-order valence-corrected chi connectivity index (χ1v) is 28.6. The summed E-state index contributed by atoms with van der Waals surface area (Å²) in [4.78, 5) is -0.536. The van der Waals surface area contributed by atoms with E-state index in [0.717, 1.165) is 123 Å². The number of benzene rings is 6. The largest absolute Gasteiger partial charge is 0.744 e. The summed E-state index contributed by atoms with van der Waals surface area (Å²) in [6, 6.07) is 19.3. The quantitative estimate of drug-likeness (QED) is 0.106. The van der Waals surface area contributed by atoms with E-state index in [1.54, 1.807) is 24.3 Å². The molecule has 5 aromatic carbocycles. The monoisotopic (exact) mass is 1050 g/mol. The van der Waals surface area contributed by atoms with Gasteiger partial charge < -0.3 is 28.3 Å². The number of nitrogens with two attached hydrogens (primary N) is 1. The van der Waals surface area contributed by atoms with Gasteiger partial charge in [0.1, 0.15) is 61.9 Å². The molecule has 1 aliphatic carbocycles. The molecular weight excluding hydrogens is 1010 g/mol. The number of phenolic OH excluding ortho intramolecular Hbond substituents is 1. The topological polar surface area (TPSA) is 298 Å². The van der Waals surface area contributed by atoms with Gasteiger partial charge in [0.15, 0.2) is 5.36 Å². The van der Waals surface area contributed by atoms with E-state index in [-0.39, 0.29) is 22.6 Å². The van der Waals surface area contributed by atoms with Crippen molar-refractivity contribution in [1.82, 2.24) is 4.58 Å². The Kier molecular flexibility index (Phi) is 11.3. The Hall–Kier alpha value is -6.50. The second-order valence-electron chi connectivity index (χ2n) is 18.4. The van der Waals surface area contributed by atoms with Gasteiger partial charge in [-0.3, -0.25) is 14.5 Å². The number of rotatable bonds is 6. The predicted octanol–water partition coefficient (Wildman–Crippen LogP) is 2.99. The summed E-state index contributed by atoms with van der Waals surface area (Å²) in [5, 5.41) is 19.0. The van der Waals surface area contributed by atoms with Crippen LogP contribution in [0.5, 0.6) is 17.2 Å². The summed E-state index contributed by atoms with van der Waals surface area (Å²) < 4.78 is 155. The molecule has 372 valence electrons. The predicted molar refractivity (Wildman–Crippen MR) is 257 cm³/mol. The van der Waals surface area contributed by atoms with Crippen LogP contribution in [0.15, 0.2) is 109 Å². The molecule has 6 heterocycles. The molecule has 0 aromatic heterocycles. The van der Waals surface area contributed by atoms with E-state index in [9.17, 15) is 57.0 Å². The lowest BCUT2D eigenvalue weighted by Crippen LogP contribution is -2.45. The van der Waals surface area contributed by atoms with Crippen molar-refractivity contribution >= 4 is 62.7 Å². The Morgan fingerprint density at radius 2 is 1.22 bits per heavy atom. The van der Waals surface area contributed by atoms with Gasteiger partial charge in [-0.2, -0.15) is 16.8 Å². The zero-order valence-electron chi connectivity index (χ0n) is 37.9. The van der Waals surface area contributed by atoms with Gasteiger partial charge in [0.2, 0.25) is 5.36 Å². The summed E-state index contributed by atoms with van der Waals surface area (Å²) in [5.41, 5.74) is 7.77. The minimum absolute atomic E-state index is 0.00971. The van der Waals surface area contributed by atoms with E-state index in [4.69, 9.17) is 14.6 Å². The van der Waals surface area contributed by atoms with Crippen molar-refractivity contribution in [2.75, 3.05) is 31.1 Å². The highest BCUT2D eigenvalue weighted by Crippen LogP contribution is 2.48. The number of aryl methyl sites for hydroxylation is 3. The van der Waals surface area contributed by atoms with E-state index in [1.165, 1.54) is 24.3 Å². The van der Waals surface area contributed by atoms with Crippen LogP contribution in [0.2, 0.25) is 0 Å². The van der Waals surface area contributed by atoms with Crippen LogP contribution in [0.3, 0.4) is 0 Å². The van der Waals surface area contributed by atoms with Gasteiger partial charge in [-0.1, -0.05) is 12.1 Å². The van der Waals surface area contributed by atoms with E-state index >= 15 is 0 Å². The fourth-order valence-electron chi connectivity index (χ4n) is 11.1. The second kappa shape index (κ2) is 17.1. The third-order valence-electron chi connectivity index (χ3n) is 14.0. The van der Waals surface area contributed by atoms with Crippen LogP contribution in [-0.2, 0) is 66.2 Å². The van der Waals surface area contributed by atoms with Crippen LogP contribution in [0.1, 0.15) is 59.1 Å². The fourth-order valence-corrected chi connectivity index (χ4v) is 13.7. The maximum Gasteiger partial charge on any atom is 0.294 e. The molecule has 22 heteroatoms. The number of hydrogen-bond donors (Lipinski definition) is 4. The summed E-state index contributed by atoms with van der Waals surface area (Å²) in [6.07, 6.45) is 7.01. The van der Waals surface area contributed by atoms with Crippen molar-refractivity contribution in [3.05, 3.63) is 134 Å². The standard InChI is InChI=1S/C25H22N2O7S2.C25H21NO8S2/c26-15-5-7-17-21(12-15)34-25-19-4-2-10-27-9-1-3-14(24(19)27)11-20(25)23(17)18-8-6-16(35(28,29)30)13-22(18)36(31,32)33;27-15-5-7-17-21(12-15)34-25-19-4-2-10-26-9-1-3-14(24(19)26)11-20(25)23(17)18-8-6-16(35(28,29)30)13-22(18)36(31,32)33/h5-8,11-13,26H,1-4,9-10H2,(H,28,29,30)(H,31,32,33);5-8,11-13H,1-4,9-10H2,(H2,28,29,30,31,32,33). The van der Waals surface area contributed by atoms with Gasteiger partial charge in [-0.25, -0.2) is 21.4 Å². The molecule has 0 saturated heterocycles. The van der Waals surface area contributed by atoms with E-state index in [0.29, 0.717) is 67.5 Å². The first-order chi connectivity index (χ1) is 34.0. The molecule has 5 N–H and O–H groups in total. The molecule has 6 aliphatic heterocycles. The highest BCUT2D eigenvalue weighted by molar-refractivity contribution is 7.87. The van der Waals surface area contributed by atoms with E-state index in [1.807, 2.05) is 12.1 Å². The van der Waals surface area contributed by atoms with Crippen LogP contribution in [0.25, 0.3) is 39.0 Å². The third-order valence-corrected chi connectivity index (χ3v) is 17.4. The summed E-state index contributed by atoms with van der Waals surface area (Å²) in [5.74, 6) is 1.18. The van der Waals surface area contributed by atoms with Crippen molar-refractivity contribution in [1.29, 1.82) is 0 Å². The second-order valence-corrected chi connectivity index (χ2v) is 24.0. The molecule has 0 spiro atoms. The molecule has 0 bridgehead atoms. The number of phenols is 1. The molecule has 7 aliphatic rings. The lowest BCUT2D eigenvalue weighted by molar-refractivity contribution is -0.172. The minimum Gasteiger partial charge on any atom is -0.744 e. The Balaban J connectivity index is 0.000000156. The normalized spacial score (nSPS) is 16.2. The molecule has 72 heavy (non-hydrogen) atoms. The van der Waals surface area contributed by atoms with Crippen molar-refractivity contribution in [3.63, 3.8) is 0 Å². The average Bonchev–Trinajstić information content (AvgIpc) is 3.32. The average molecular weight is 1050 g/mol. The van der Waals surface area contributed by atoms with Crippen LogP contribution in [0, 0.1) is 0 Å². The van der Waals surface area contributed by atoms with E-state index in [2.05, 4.69) is 9.48 Å². The molecule has 0 atom stereocenters. The molecule has 0 radical (unpaired) electrons. The molecule has 0 amide bonds. The molecule has 18 nitrogen and oxygen atoms in total. The van der Waals surface area contributed by atoms with Crippen LogP contribution >= 0.6 is 0 Å². The maximum absolute atomic E-state index is 12.4. The fraction of sp³-hybridized carbons (Fsp3) is 0.240. The lowest BCUT2D eigenvalue weighted by Gasteiger charge is -2.37. The summed E-state index contributed by atoms with van der Waals surface area (Å²) in [7, 11) is -19.8. The van der Waals surface area contributed by atoms with Gasteiger partial charge >= 0.3 is 0 Å². The highest BCUT2D eigenvalue weighted by atomic mass is 32.2. The smallest absolute Gasteiger partial charge is 0.294 e. The number of aromatic hydroxyl groups is 1. The van der Waals surface area contributed by atoms with Crippen molar-refractivity contribution < 1.29 is 71.6 Å². The summed E-state index contributed by atoms with van der Waals surface area (Å²) in [6.45, 7) is 3.77. The highest BCUT2D eigenvalue weighted by Gasteiger charge is 2.34. The SMILES string of the molecule is O=S(=O)([O-])c1cc(S(=O)(=O)O)ccc1C1=c2cc3c4c(c2Oc2cc(O)ccc21)CCC[N+]=4CCC3.[NH2+]=c1ccc2c(-c3ccc(S(=O)(=O)O)cc3S(=O)(=O)[O-])c3cc4c5c(c3oc-2c1)CCCN5CCC4. The summed E-state index contributed by atoms with van der Waals surface area (Å²) >= 11 is 0. The van der Waals surface area contributed by atoms with Gasteiger partial charge in [0.25, 0.3) is 20.2 Å². The first-order valence-electron chi connectivity index (χ1n) is 22.9. The Labute approximate surface area is 412 Å². The number of nitrogens with zero attached hydrogens (tertiary/aromatic N) is 2. The molecule has 0 unspecified atom stereocenters. The van der Waals surface area contributed by atoms with Gasteiger partial charge in [-0.15, -0.1) is 0 Å². The Morgan fingerprint density at radius 1 is 0.625 bits per heavy atom. The number of ether oxygens (including phenoxy) is 1. The zero-order chi connectivity index (χ0) is 50.8. The van der Waals surface area contributed by atoms with Gasteiger partial charge in [0, 0.05) is 98.9 Å². The Bertz CT molecular complexity index is 4190. The zero-order valence-corrected chi connectivity index (χ0v) is 41.2. The van der Waals surface area contributed by atoms with Crippen LogP contribution < -0.4 is 35.6 Å². The Morgan fingerprint density at radius 3 is 1.90 bits per heavy atom. The minimum atomic E-state index is -5.15. The van der Waals surface area contributed by atoms with Gasteiger partial charge in [-0.05, 0) is 98.7 Å². The van der Waals surface area contributed by atoms with Crippen molar-refractivity contribution in [2.45, 2.75) is 70.9 Å². The third kappa shape index (κ3) is 8.24. The molecular formula is C50H43N3O15S4. The molecule has 12 rings (SSSR count). The first kappa shape index (κ1) is 47.8. The van der Waals surface area contributed by atoms with E-state index < -0.39 is 60.1 Å². The van der Waals surface area contributed by atoms with Crippen molar-refractivity contribution in [2.24, 2.45) is 0 Å². The van der Waals surface area contributed by atoms with Crippen LogP contribution in [-0.4, -0.2) is 83.2 Å². The maximum atomic E-state index is 12.4. The number of anilines is 1.